The van der Waals surface area contributed by atoms with Gasteiger partial charge in [-0.25, -0.2) is 18.4 Å². The molecule has 0 fully saturated rings. The number of nitrogens with one attached hydrogen (secondary N) is 2. The molecule has 0 bridgehead atoms. The number of hydrogen-bond donors (Lipinski definition) is 3. The number of pyridine rings is 1. The molecule has 1 aromatic carbocycles. The van der Waals surface area contributed by atoms with E-state index >= 15 is 0 Å². The van der Waals surface area contributed by atoms with Crippen molar-refractivity contribution >= 4 is 49.7 Å². The quantitative estimate of drug-likeness (QED) is 0.402. The minimum atomic E-state index is -3.83. The number of aryl methyl sites for hydroxylation is 1. The average Bonchev–Trinajstić information content (AvgIpc) is 3.14. The summed E-state index contributed by atoms with van der Waals surface area (Å²) in [6, 6.07) is 8.92. The number of sulfonamides is 1. The van der Waals surface area contributed by atoms with Crippen LogP contribution in [0.3, 0.4) is 0 Å². The zero-order chi connectivity index (χ0) is 23.5. The second-order valence-corrected chi connectivity index (χ2v) is 10.4. The van der Waals surface area contributed by atoms with Crippen molar-refractivity contribution in [3.8, 4) is 10.4 Å². The fourth-order valence-corrected chi connectivity index (χ4v) is 5.10. The van der Waals surface area contributed by atoms with Crippen LogP contribution < -0.4 is 15.8 Å². The molecule has 4 N–H and O–H groups in total. The molecule has 11 heteroatoms. The highest BCUT2D eigenvalue weighted by Crippen LogP contribution is 2.35. The molecule has 2 aromatic heterocycles. The molecule has 0 saturated heterocycles. The summed E-state index contributed by atoms with van der Waals surface area (Å²) in [7, 11) is -3.83. The number of aromatic nitrogens is 2. The maximum Gasteiger partial charge on any atom is 0.261 e. The maximum absolute atomic E-state index is 12.7. The molecule has 0 spiro atoms. The number of rotatable bonds is 8. The lowest BCUT2D eigenvalue weighted by molar-refractivity contribution is -0.118. The Balaban J connectivity index is 1.86. The van der Waals surface area contributed by atoms with Crippen LogP contribution in [0.15, 0.2) is 47.5 Å². The first kappa shape index (κ1) is 24.1. The van der Waals surface area contributed by atoms with Crippen LogP contribution in [0.2, 0.25) is 5.15 Å². The van der Waals surface area contributed by atoms with Crippen molar-refractivity contribution in [1.82, 2.24) is 9.97 Å². The number of thiazole rings is 1. The van der Waals surface area contributed by atoms with Crippen molar-refractivity contribution in [2.75, 3.05) is 10.0 Å². The van der Waals surface area contributed by atoms with Crippen molar-refractivity contribution in [2.45, 2.75) is 38.1 Å². The summed E-state index contributed by atoms with van der Waals surface area (Å²) in [6.45, 7) is 5.68. The molecule has 3 rings (SSSR count). The van der Waals surface area contributed by atoms with Crippen molar-refractivity contribution in [2.24, 2.45) is 11.7 Å². The monoisotopic (exact) mass is 493 g/mol. The molecule has 1 unspecified atom stereocenters. The fourth-order valence-electron chi connectivity index (χ4n) is 2.87. The molecule has 0 aliphatic rings. The van der Waals surface area contributed by atoms with Crippen LogP contribution in [-0.2, 0) is 14.8 Å². The molecular weight excluding hydrogens is 470 g/mol. The minimum absolute atomic E-state index is 0.0171. The van der Waals surface area contributed by atoms with Crippen LogP contribution in [0, 0.1) is 12.8 Å². The Morgan fingerprint density at radius 2 is 1.97 bits per heavy atom. The van der Waals surface area contributed by atoms with Gasteiger partial charge >= 0.3 is 0 Å². The molecule has 0 aliphatic carbocycles. The molecule has 3 aromatic rings. The highest BCUT2D eigenvalue weighted by atomic mass is 35.5. The van der Waals surface area contributed by atoms with Crippen molar-refractivity contribution < 1.29 is 13.2 Å². The molecule has 170 valence electrons. The Bertz CT molecular complexity index is 1220. The van der Waals surface area contributed by atoms with Crippen LogP contribution in [0.5, 0.6) is 0 Å². The maximum atomic E-state index is 12.7. The van der Waals surface area contributed by atoms with Gasteiger partial charge in [-0.3, -0.25) is 9.52 Å². The van der Waals surface area contributed by atoms with Gasteiger partial charge in [0, 0.05) is 11.8 Å². The summed E-state index contributed by atoms with van der Waals surface area (Å²) >= 11 is 7.40. The second kappa shape index (κ2) is 9.95. The smallest absolute Gasteiger partial charge is 0.261 e. The number of nitrogens with zero attached hydrogens (tertiary/aromatic N) is 2. The van der Waals surface area contributed by atoms with E-state index in [-0.39, 0.29) is 27.6 Å². The van der Waals surface area contributed by atoms with Crippen molar-refractivity contribution in [3.05, 3.63) is 53.4 Å². The number of anilines is 2. The first-order valence-electron chi connectivity index (χ1n) is 9.90. The number of carbonyl (C=O) groups is 1. The largest absolute Gasteiger partial charge is 0.320 e. The zero-order valence-corrected chi connectivity index (χ0v) is 20.2. The highest BCUT2D eigenvalue weighted by Gasteiger charge is 2.22. The topological polar surface area (TPSA) is 127 Å². The van der Waals surface area contributed by atoms with E-state index in [0.717, 1.165) is 11.3 Å². The SMILES string of the molecule is CCC(C)[C@H](N)C(=O)Nc1nc(C)c(-c2cnc(Cl)c(NS(=O)(=O)c3ccccc3)c2)s1. The molecular formula is C21H24ClN5O3S2. The van der Waals surface area contributed by atoms with E-state index in [2.05, 4.69) is 20.0 Å². The zero-order valence-electron chi connectivity index (χ0n) is 17.8. The van der Waals surface area contributed by atoms with Gasteiger partial charge in [0.1, 0.15) is 0 Å². The van der Waals surface area contributed by atoms with E-state index < -0.39 is 16.1 Å². The molecule has 1 amide bonds. The second-order valence-electron chi connectivity index (χ2n) is 7.32. The average molecular weight is 494 g/mol. The molecule has 2 heterocycles. The lowest BCUT2D eigenvalue weighted by Gasteiger charge is -2.16. The van der Waals surface area contributed by atoms with Gasteiger partial charge in [0.25, 0.3) is 10.0 Å². The summed E-state index contributed by atoms with van der Waals surface area (Å²) in [6.07, 6.45) is 2.31. The third-order valence-corrected chi connectivity index (χ3v) is 7.79. The van der Waals surface area contributed by atoms with Gasteiger partial charge in [-0.05, 0) is 31.0 Å². The van der Waals surface area contributed by atoms with Gasteiger partial charge in [0.05, 0.1) is 27.2 Å². The Kier molecular flexibility index (Phi) is 7.50. The number of amides is 1. The van der Waals surface area contributed by atoms with Gasteiger partial charge in [0.15, 0.2) is 10.3 Å². The highest BCUT2D eigenvalue weighted by molar-refractivity contribution is 7.92. The summed E-state index contributed by atoms with van der Waals surface area (Å²) in [5.74, 6) is -0.263. The number of nitrogens with two attached hydrogens (primary N) is 1. The summed E-state index contributed by atoms with van der Waals surface area (Å²) in [5.41, 5.74) is 7.41. The van der Waals surface area contributed by atoms with Crippen LogP contribution >= 0.6 is 22.9 Å². The summed E-state index contributed by atoms with van der Waals surface area (Å²) in [5, 5.41) is 3.18. The lowest BCUT2D eigenvalue weighted by atomic mass is 10.00. The Morgan fingerprint density at radius 3 is 2.62 bits per heavy atom. The van der Waals surface area contributed by atoms with E-state index in [0.29, 0.717) is 16.4 Å². The van der Waals surface area contributed by atoms with Crippen LogP contribution in [0.25, 0.3) is 10.4 Å². The van der Waals surface area contributed by atoms with E-state index in [1.165, 1.54) is 29.7 Å². The third kappa shape index (κ3) is 5.44. The number of carbonyl (C=O) groups excluding carboxylic acids is 1. The van der Waals surface area contributed by atoms with Crippen LogP contribution in [-0.4, -0.2) is 30.3 Å². The van der Waals surface area contributed by atoms with Gasteiger partial charge in [-0.1, -0.05) is 61.4 Å². The Labute approximate surface area is 196 Å². The lowest BCUT2D eigenvalue weighted by Crippen LogP contribution is -2.40. The van der Waals surface area contributed by atoms with Gasteiger partial charge in [-0.15, -0.1) is 0 Å². The van der Waals surface area contributed by atoms with Crippen molar-refractivity contribution in [1.29, 1.82) is 0 Å². The fraction of sp³-hybridized carbons (Fsp3) is 0.286. The molecule has 0 aliphatic heterocycles. The summed E-state index contributed by atoms with van der Waals surface area (Å²) in [4.78, 5) is 21.7. The first-order chi connectivity index (χ1) is 15.1. The number of halogens is 1. The minimum Gasteiger partial charge on any atom is -0.320 e. The van der Waals surface area contributed by atoms with E-state index in [9.17, 15) is 13.2 Å². The van der Waals surface area contributed by atoms with Gasteiger partial charge < -0.3 is 11.1 Å². The molecule has 0 radical (unpaired) electrons. The predicted octanol–water partition coefficient (Wildman–Crippen LogP) is 4.28. The van der Waals surface area contributed by atoms with Crippen LogP contribution in [0.1, 0.15) is 26.0 Å². The van der Waals surface area contributed by atoms with Crippen LogP contribution in [0.4, 0.5) is 10.8 Å². The summed E-state index contributed by atoms with van der Waals surface area (Å²) < 4.78 is 27.8. The molecule has 8 nitrogen and oxygen atoms in total. The predicted molar refractivity (Wildman–Crippen MR) is 128 cm³/mol. The van der Waals surface area contributed by atoms with E-state index in [1.807, 2.05) is 13.8 Å². The molecule has 2 atom stereocenters. The van der Waals surface area contributed by atoms with Gasteiger partial charge in [-0.2, -0.15) is 0 Å². The normalized spacial score (nSPS) is 13.4. The van der Waals surface area contributed by atoms with E-state index in [4.69, 9.17) is 17.3 Å². The first-order valence-corrected chi connectivity index (χ1v) is 12.6. The molecule has 0 saturated carbocycles. The standard InChI is InChI=1S/C21H24ClN5O3S2/c1-4-12(2)17(23)20(28)26-21-25-13(3)18(31-21)14-10-16(19(22)24-11-14)27-32(29,30)15-8-6-5-7-9-15/h5-12,17,27H,4,23H2,1-3H3,(H,25,26,28)/t12?,17-/m0/s1. The molecule has 32 heavy (non-hydrogen) atoms. The third-order valence-electron chi connectivity index (χ3n) is 4.99. The number of benzene rings is 1. The Hall–Kier alpha value is -2.53. The Morgan fingerprint density at radius 1 is 1.28 bits per heavy atom. The van der Waals surface area contributed by atoms with Crippen molar-refractivity contribution in [3.63, 3.8) is 0 Å². The number of hydrogen-bond acceptors (Lipinski definition) is 7. The van der Waals surface area contributed by atoms with E-state index in [1.54, 1.807) is 31.2 Å². The van der Waals surface area contributed by atoms with Gasteiger partial charge in [0.2, 0.25) is 5.91 Å².